The molecule has 0 aromatic heterocycles. The highest BCUT2D eigenvalue weighted by Gasteiger charge is 2.09. The zero-order chi connectivity index (χ0) is 21.3. The zero-order valence-electron chi connectivity index (χ0n) is 16.3. The van der Waals surface area contributed by atoms with E-state index >= 15 is 0 Å². The second-order valence-corrected chi connectivity index (χ2v) is 6.84. The SMILES string of the molecule is COc1ccc(CC(=O)NC(=S)Nc2cccc(C(=O)Nc3ccccc3)c2)cc1. The van der Waals surface area contributed by atoms with Crippen LogP contribution in [-0.4, -0.2) is 24.0 Å². The van der Waals surface area contributed by atoms with Crippen LogP contribution in [0.4, 0.5) is 11.4 Å². The van der Waals surface area contributed by atoms with E-state index in [4.69, 9.17) is 17.0 Å². The molecule has 0 unspecified atom stereocenters. The predicted molar refractivity (Wildman–Crippen MR) is 122 cm³/mol. The minimum absolute atomic E-state index is 0.161. The third-order valence-electron chi connectivity index (χ3n) is 4.19. The Morgan fingerprint density at radius 2 is 1.57 bits per heavy atom. The van der Waals surface area contributed by atoms with Crippen molar-refractivity contribution in [2.45, 2.75) is 6.42 Å². The van der Waals surface area contributed by atoms with Crippen molar-refractivity contribution >= 4 is 40.5 Å². The lowest BCUT2D eigenvalue weighted by molar-refractivity contribution is -0.119. The van der Waals surface area contributed by atoms with Gasteiger partial charge in [0.25, 0.3) is 5.91 Å². The molecule has 0 aliphatic rings. The first-order valence-corrected chi connectivity index (χ1v) is 9.64. The molecule has 0 atom stereocenters. The summed E-state index contributed by atoms with van der Waals surface area (Å²) in [4.78, 5) is 24.6. The average Bonchev–Trinajstić information content (AvgIpc) is 2.75. The standard InChI is InChI=1S/C23H21N3O3S/c1-29-20-12-10-16(11-13-20)14-21(27)26-23(30)25-19-9-5-6-17(15-19)22(28)24-18-7-3-2-4-8-18/h2-13,15H,14H2,1H3,(H,24,28)(H2,25,26,27,30). The Hall–Kier alpha value is -3.71. The number of rotatable bonds is 6. The van der Waals surface area contributed by atoms with E-state index in [0.29, 0.717) is 16.9 Å². The first-order valence-electron chi connectivity index (χ1n) is 9.24. The summed E-state index contributed by atoms with van der Waals surface area (Å²) in [7, 11) is 1.59. The predicted octanol–water partition coefficient (Wildman–Crippen LogP) is 4.00. The highest BCUT2D eigenvalue weighted by Crippen LogP contribution is 2.14. The molecule has 0 saturated carbocycles. The first kappa shape index (κ1) is 21.0. The van der Waals surface area contributed by atoms with Crippen molar-refractivity contribution < 1.29 is 14.3 Å². The van der Waals surface area contributed by atoms with E-state index < -0.39 is 0 Å². The van der Waals surface area contributed by atoms with Crippen LogP contribution in [0.1, 0.15) is 15.9 Å². The maximum absolute atomic E-state index is 12.4. The number of thiocarbonyl (C=S) groups is 1. The fourth-order valence-corrected chi connectivity index (χ4v) is 2.96. The van der Waals surface area contributed by atoms with E-state index in [-0.39, 0.29) is 23.3 Å². The molecule has 0 aliphatic heterocycles. The monoisotopic (exact) mass is 419 g/mol. The molecule has 152 valence electrons. The van der Waals surface area contributed by atoms with E-state index in [9.17, 15) is 9.59 Å². The molecule has 3 aromatic rings. The van der Waals surface area contributed by atoms with Gasteiger partial charge in [-0.25, -0.2) is 0 Å². The highest BCUT2D eigenvalue weighted by atomic mass is 32.1. The number of benzene rings is 3. The van der Waals surface area contributed by atoms with Crippen molar-refractivity contribution in [3.63, 3.8) is 0 Å². The van der Waals surface area contributed by atoms with Crippen LogP contribution in [0.5, 0.6) is 5.75 Å². The van der Waals surface area contributed by atoms with Crippen molar-refractivity contribution in [2.24, 2.45) is 0 Å². The van der Waals surface area contributed by atoms with Crippen LogP contribution < -0.4 is 20.7 Å². The molecule has 0 aliphatic carbocycles. The van der Waals surface area contributed by atoms with Gasteiger partial charge in [-0.1, -0.05) is 36.4 Å². The van der Waals surface area contributed by atoms with E-state index in [1.54, 1.807) is 43.5 Å². The lowest BCUT2D eigenvalue weighted by Crippen LogP contribution is -2.35. The lowest BCUT2D eigenvalue weighted by Gasteiger charge is -2.11. The average molecular weight is 420 g/mol. The van der Waals surface area contributed by atoms with Crippen LogP contribution in [0.15, 0.2) is 78.9 Å². The van der Waals surface area contributed by atoms with Gasteiger partial charge in [-0.15, -0.1) is 0 Å². The summed E-state index contributed by atoms with van der Waals surface area (Å²) in [5.41, 5.74) is 2.62. The highest BCUT2D eigenvalue weighted by molar-refractivity contribution is 7.80. The smallest absolute Gasteiger partial charge is 0.255 e. The van der Waals surface area contributed by atoms with Gasteiger partial charge in [0, 0.05) is 16.9 Å². The summed E-state index contributed by atoms with van der Waals surface area (Å²) in [5.74, 6) is 0.252. The molecular formula is C23H21N3O3S. The number of para-hydroxylation sites is 1. The van der Waals surface area contributed by atoms with Crippen molar-refractivity contribution in [3.05, 3.63) is 90.0 Å². The van der Waals surface area contributed by atoms with Gasteiger partial charge in [0.05, 0.1) is 13.5 Å². The Kier molecular flexibility index (Phi) is 7.13. The van der Waals surface area contributed by atoms with Gasteiger partial charge in [-0.2, -0.15) is 0 Å². The topological polar surface area (TPSA) is 79.5 Å². The number of ether oxygens (including phenoxy) is 1. The Labute approximate surface area is 180 Å². The fourth-order valence-electron chi connectivity index (χ4n) is 2.72. The second kappa shape index (κ2) is 10.2. The summed E-state index contributed by atoms with van der Waals surface area (Å²) < 4.78 is 5.10. The lowest BCUT2D eigenvalue weighted by atomic mass is 10.1. The molecule has 0 saturated heterocycles. The maximum Gasteiger partial charge on any atom is 0.255 e. The molecule has 2 amide bonds. The molecular weight excluding hydrogens is 398 g/mol. The molecule has 0 spiro atoms. The molecule has 3 N–H and O–H groups in total. The van der Waals surface area contributed by atoms with Gasteiger partial charge >= 0.3 is 0 Å². The number of hydrogen-bond donors (Lipinski definition) is 3. The number of methoxy groups -OCH3 is 1. The molecule has 7 heteroatoms. The van der Waals surface area contributed by atoms with Crippen LogP contribution in [0.2, 0.25) is 0 Å². The Balaban J connectivity index is 1.55. The van der Waals surface area contributed by atoms with E-state index in [2.05, 4.69) is 16.0 Å². The number of nitrogens with one attached hydrogen (secondary N) is 3. The van der Waals surface area contributed by atoms with E-state index in [1.807, 2.05) is 42.5 Å². The minimum Gasteiger partial charge on any atom is -0.497 e. The van der Waals surface area contributed by atoms with Crippen LogP contribution in [0.3, 0.4) is 0 Å². The molecule has 3 rings (SSSR count). The molecule has 30 heavy (non-hydrogen) atoms. The van der Waals surface area contributed by atoms with Crippen LogP contribution in [-0.2, 0) is 11.2 Å². The summed E-state index contributed by atoms with van der Waals surface area (Å²) in [6, 6.07) is 23.3. The molecule has 0 fully saturated rings. The molecule has 0 heterocycles. The quantitative estimate of drug-likeness (QED) is 0.526. The van der Waals surface area contributed by atoms with E-state index in [0.717, 1.165) is 11.3 Å². The fraction of sp³-hybridized carbons (Fsp3) is 0.0870. The zero-order valence-corrected chi connectivity index (χ0v) is 17.2. The molecule has 0 bridgehead atoms. The van der Waals surface area contributed by atoms with Crippen molar-refractivity contribution in [2.75, 3.05) is 17.7 Å². The summed E-state index contributed by atoms with van der Waals surface area (Å²) in [5, 5.41) is 8.57. The third kappa shape index (κ3) is 6.15. The Bertz CT molecular complexity index is 1040. The molecule has 3 aromatic carbocycles. The Morgan fingerprint density at radius 1 is 0.867 bits per heavy atom. The second-order valence-electron chi connectivity index (χ2n) is 6.43. The number of anilines is 2. The van der Waals surface area contributed by atoms with Gasteiger partial charge < -0.3 is 20.7 Å². The maximum atomic E-state index is 12.4. The van der Waals surface area contributed by atoms with Crippen LogP contribution >= 0.6 is 12.2 Å². The van der Waals surface area contributed by atoms with Crippen molar-refractivity contribution in [3.8, 4) is 5.75 Å². The third-order valence-corrected chi connectivity index (χ3v) is 4.40. The van der Waals surface area contributed by atoms with Crippen LogP contribution in [0.25, 0.3) is 0 Å². The summed E-state index contributed by atoms with van der Waals surface area (Å²) in [6.45, 7) is 0. The Morgan fingerprint density at radius 3 is 2.27 bits per heavy atom. The number of carbonyl (C=O) groups is 2. The van der Waals surface area contributed by atoms with Gasteiger partial charge in [-0.3, -0.25) is 9.59 Å². The number of carbonyl (C=O) groups excluding carboxylic acids is 2. The van der Waals surface area contributed by atoms with Crippen molar-refractivity contribution in [1.82, 2.24) is 5.32 Å². The first-order chi connectivity index (χ1) is 14.5. The normalized spacial score (nSPS) is 10.0. The van der Waals surface area contributed by atoms with Gasteiger partial charge in [0.1, 0.15) is 5.75 Å². The van der Waals surface area contributed by atoms with Crippen molar-refractivity contribution in [1.29, 1.82) is 0 Å². The largest absolute Gasteiger partial charge is 0.497 e. The minimum atomic E-state index is -0.240. The molecule has 6 nitrogen and oxygen atoms in total. The van der Waals surface area contributed by atoms with Crippen LogP contribution in [0, 0.1) is 0 Å². The molecule has 0 radical (unpaired) electrons. The van der Waals surface area contributed by atoms with Gasteiger partial charge in [0.2, 0.25) is 5.91 Å². The number of amides is 2. The van der Waals surface area contributed by atoms with Gasteiger partial charge in [-0.05, 0) is 60.2 Å². The summed E-state index contributed by atoms with van der Waals surface area (Å²) in [6.07, 6.45) is 0.186. The number of hydrogen-bond acceptors (Lipinski definition) is 4. The van der Waals surface area contributed by atoms with Gasteiger partial charge in [0.15, 0.2) is 5.11 Å². The van der Waals surface area contributed by atoms with E-state index in [1.165, 1.54) is 0 Å². The summed E-state index contributed by atoms with van der Waals surface area (Å²) >= 11 is 5.22.